The Hall–Kier alpha value is -2.62. The maximum atomic E-state index is 12.0. The minimum Gasteiger partial charge on any atom is -0.464 e. The van der Waals surface area contributed by atoms with Crippen LogP contribution in [0, 0.1) is 6.92 Å². The van der Waals surface area contributed by atoms with E-state index in [9.17, 15) is 4.79 Å². The van der Waals surface area contributed by atoms with Crippen LogP contribution in [0.15, 0.2) is 53.3 Å². The first-order valence-corrected chi connectivity index (χ1v) is 6.86. The van der Waals surface area contributed by atoms with Gasteiger partial charge in [-0.1, -0.05) is 17.7 Å². The Bertz CT molecular complexity index is 763. The molecule has 0 saturated carbocycles. The third-order valence-corrected chi connectivity index (χ3v) is 3.35. The zero-order valence-electron chi connectivity index (χ0n) is 11.8. The fourth-order valence-electron chi connectivity index (χ4n) is 2.26. The minimum atomic E-state index is -0.0372. The van der Waals surface area contributed by atoms with E-state index in [0.717, 1.165) is 27.8 Å². The van der Waals surface area contributed by atoms with Crippen molar-refractivity contribution < 1.29 is 9.21 Å². The van der Waals surface area contributed by atoms with E-state index < -0.39 is 0 Å². The number of benzene rings is 1. The van der Waals surface area contributed by atoms with Gasteiger partial charge in [0, 0.05) is 17.1 Å². The van der Waals surface area contributed by atoms with Gasteiger partial charge in [0.2, 0.25) is 5.91 Å². The summed E-state index contributed by atoms with van der Waals surface area (Å²) in [5.41, 5.74) is 3.72. The second-order valence-electron chi connectivity index (χ2n) is 5.04. The quantitative estimate of drug-likeness (QED) is 0.799. The molecule has 1 aromatic carbocycles. The lowest BCUT2D eigenvalue weighted by molar-refractivity contribution is -0.120. The molecule has 0 fully saturated rings. The molecule has 4 nitrogen and oxygen atoms in total. The predicted molar refractivity (Wildman–Crippen MR) is 80.7 cm³/mol. The largest absolute Gasteiger partial charge is 0.464 e. The van der Waals surface area contributed by atoms with Crippen molar-refractivity contribution in [3.8, 4) is 0 Å². The van der Waals surface area contributed by atoms with Gasteiger partial charge in [0.05, 0.1) is 24.9 Å². The molecule has 0 aliphatic heterocycles. The zero-order valence-corrected chi connectivity index (χ0v) is 11.8. The maximum Gasteiger partial charge on any atom is 0.224 e. The highest BCUT2D eigenvalue weighted by atomic mass is 16.3. The molecule has 2 heterocycles. The molecule has 21 heavy (non-hydrogen) atoms. The van der Waals surface area contributed by atoms with Crippen LogP contribution in [0.2, 0.25) is 0 Å². The molecule has 0 aliphatic carbocycles. The van der Waals surface area contributed by atoms with Crippen molar-refractivity contribution in [1.29, 1.82) is 0 Å². The summed E-state index contributed by atoms with van der Waals surface area (Å²) < 4.78 is 5.48. The van der Waals surface area contributed by atoms with Gasteiger partial charge in [-0.3, -0.25) is 9.78 Å². The Balaban J connectivity index is 1.67. The van der Waals surface area contributed by atoms with Gasteiger partial charge in [0.1, 0.15) is 5.58 Å². The molecule has 0 unspecified atom stereocenters. The van der Waals surface area contributed by atoms with Crippen LogP contribution in [-0.2, 0) is 17.8 Å². The van der Waals surface area contributed by atoms with E-state index in [1.54, 1.807) is 12.5 Å². The lowest BCUT2D eigenvalue weighted by atomic mass is 10.1. The molecule has 106 valence electrons. The van der Waals surface area contributed by atoms with Gasteiger partial charge in [-0.2, -0.15) is 0 Å². The first-order chi connectivity index (χ1) is 10.2. The molecular formula is C17H16N2O2. The Morgan fingerprint density at radius 1 is 1.29 bits per heavy atom. The molecule has 3 aromatic rings. The van der Waals surface area contributed by atoms with Crippen molar-refractivity contribution in [3.63, 3.8) is 0 Å². The van der Waals surface area contributed by atoms with Gasteiger partial charge in [-0.05, 0) is 31.2 Å². The van der Waals surface area contributed by atoms with Gasteiger partial charge in [0.15, 0.2) is 0 Å². The SMILES string of the molecule is Cc1ccc2occ(CC(=O)NCc3ccccn3)c2c1. The number of aryl methyl sites for hydroxylation is 1. The van der Waals surface area contributed by atoms with Crippen LogP contribution < -0.4 is 5.32 Å². The van der Waals surface area contributed by atoms with Gasteiger partial charge in [0.25, 0.3) is 0 Å². The lowest BCUT2D eigenvalue weighted by Crippen LogP contribution is -2.24. The van der Waals surface area contributed by atoms with E-state index >= 15 is 0 Å². The molecule has 3 rings (SSSR count). The van der Waals surface area contributed by atoms with E-state index in [1.165, 1.54) is 0 Å². The first kappa shape index (κ1) is 13.4. The van der Waals surface area contributed by atoms with E-state index in [-0.39, 0.29) is 5.91 Å². The molecule has 0 aliphatic rings. The summed E-state index contributed by atoms with van der Waals surface area (Å²) in [6.07, 6.45) is 3.68. The van der Waals surface area contributed by atoms with Crippen LogP contribution >= 0.6 is 0 Å². The molecular weight excluding hydrogens is 264 g/mol. The Morgan fingerprint density at radius 3 is 3.00 bits per heavy atom. The summed E-state index contributed by atoms with van der Waals surface area (Å²) in [5, 5.41) is 3.88. The monoisotopic (exact) mass is 280 g/mol. The smallest absolute Gasteiger partial charge is 0.224 e. The van der Waals surface area contributed by atoms with Gasteiger partial charge >= 0.3 is 0 Å². The van der Waals surface area contributed by atoms with Crippen molar-refractivity contribution in [2.24, 2.45) is 0 Å². The molecule has 0 saturated heterocycles. The summed E-state index contributed by atoms with van der Waals surface area (Å²) in [6, 6.07) is 11.6. The van der Waals surface area contributed by atoms with E-state index in [1.807, 2.05) is 43.3 Å². The number of carbonyl (C=O) groups is 1. The Kier molecular flexibility index (Phi) is 3.69. The highest BCUT2D eigenvalue weighted by Gasteiger charge is 2.10. The average Bonchev–Trinajstić information content (AvgIpc) is 2.88. The normalized spacial score (nSPS) is 10.7. The van der Waals surface area contributed by atoms with Crippen molar-refractivity contribution in [1.82, 2.24) is 10.3 Å². The number of hydrogen-bond donors (Lipinski definition) is 1. The first-order valence-electron chi connectivity index (χ1n) is 6.86. The van der Waals surface area contributed by atoms with Crippen molar-refractivity contribution in [2.75, 3.05) is 0 Å². The van der Waals surface area contributed by atoms with Crippen LogP contribution in [0.25, 0.3) is 11.0 Å². The van der Waals surface area contributed by atoms with Crippen LogP contribution in [0.5, 0.6) is 0 Å². The van der Waals surface area contributed by atoms with Crippen molar-refractivity contribution >= 4 is 16.9 Å². The van der Waals surface area contributed by atoms with Gasteiger partial charge < -0.3 is 9.73 Å². The molecule has 1 N–H and O–H groups in total. The van der Waals surface area contributed by atoms with E-state index in [2.05, 4.69) is 10.3 Å². The summed E-state index contributed by atoms with van der Waals surface area (Å²) in [6.45, 7) is 2.46. The molecule has 0 atom stereocenters. The Labute approximate surface area is 122 Å². The van der Waals surface area contributed by atoms with E-state index in [0.29, 0.717) is 13.0 Å². The Morgan fingerprint density at radius 2 is 2.19 bits per heavy atom. The molecule has 2 aromatic heterocycles. The fourth-order valence-corrected chi connectivity index (χ4v) is 2.26. The van der Waals surface area contributed by atoms with Crippen LogP contribution in [0.1, 0.15) is 16.8 Å². The highest BCUT2D eigenvalue weighted by molar-refractivity contribution is 5.87. The number of aromatic nitrogens is 1. The van der Waals surface area contributed by atoms with Crippen LogP contribution in [0.3, 0.4) is 0 Å². The third-order valence-electron chi connectivity index (χ3n) is 3.35. The summed E-state index contributed by atoms with van der Waals surface area (Å²) in [5.74, 6) is -0.0372. The second-order valence-corrected chi connectivity index (χ2v) is 5.04. The topological polar surface area (TPSA) is 55.1 Å². The number of pyridine rings is 1. The lowest BCUT2D eigenvalue weighted by Gasteiger charge is -2.04. The third kappa shape index (κ3) is 3.11. The number of amides is 1. The highest BCUT2D eigenvalue weighted by Crippen LogP contribution is 2.22. The molecule has 1 amide bonds. The number of hydrogen-bond acceptors (Lipinski definition) is 3. The number of nitrogens with zero attached hydrogens (tertiary/aromatic N) is 1. The predicted octanol–water partition coefficient (Wildman–Crippen LogP) is 3.00. The number of carbonyl (C=O) groups excluding carboxylic acids is 1. The van der Waals surface area contributed by atoms with Crippen molar-refractivity contribution in [3.05, 3.63) is 65.7 Å². The molecule has 0 bridgehead atoms. The number of fused-ring (bicyclic) bond motifs is 1. The molecule has 0 radical (unpaired) electrons. The number of furan rings is 1. The summed E-state index contributed by atoms with van der Waals surface area (Å²) in [4.78, 5) is 16.2. The van der Waals surface area contributed by atoms with E-state index in [4.69, 9.17) is 4.42 Å². The zero-order chi connectivity index (χ0) is 14.7. The molecule has 0 spiro atoms. The van der Waals surface area contributed by atoms with Crippen LogP contribution in [0.4, 0.5) is 0 Å². The second kappa shape index (κ2) is 5.79. The fraction of sp³-hybridized carbons (Fsp3) is 0.176. The number of nitrogens with one attached hydrogen (secondary N) is 1. The minimum absolute atomic E-state index is 0.0372. The van der Waals surface area contributed by atoms with Crippen molar-refractivity contribution in [2.45, 2.75) is 19.9 Å². The molecule has 4 heteroatoms. The van der Waals surface area contributed by atoms with Gasteiger partial charge in [-0.15, -0.1) is 0 Å². The van der Waals surface area contributed by atoms with Gasteiger partial charge in [-0.25, -0.2) is 0 Å². The van der Waals surface area contributed by atoms with Crippen LogP contribution in [-0.4, -0.2) is 10.9 Å². The number of rotatable bonds is 4. The standard InChI is InChI=1S/C17H16N2O2/c1-12-5-6-16-15(8-12)13(11-21-16)9-17(20)19-10-14-4-2-3-7-18-14/h2-8,11H,9-10H2,1H3,(H,19,20). The summed E-state index contributed by atoms with van der Waals surface area (Å²) >= 11 is 0. The summed E-state index contributed by atoms with van der Waals surface area (Å²) in [7, 11) is 0. The maximum absolute atomic E-state index is 12.0. The average molecular weight is 280 g/mol.